The fourth-order valence-corrected chi connectivity index (χ4v) is 1.62. The van der Waals surface area contributed by atoms with Gasteiger partial charge in [0.15, 0.2) is 0 Å². The molecule has 1 saturated heterocycles. The number of aliphatic hydroxyl groups is 1. The molecule has 0 spiro atoms. The van der Waals surface area contributed by atoms with Crippen molar-refractivity contribution in [2.24, 2.45) is 5.84 Å². The molecule has 1 aliphatic heterocycles. The maximum Gasteiger partial charge on any atom is 0.248 e. The van der Waals surface area contributed by atoms with E-state index in [1.807, 2.05) is 11.8 Å². The number of hydrazine groups is 1. The summed E-state index contributed by atoms with van der Waals surface area (Å²) in [6.45, 7) is 3.39. The van der Waals surface area contributed by atoms with E-state index in [4.69, 9.17) is 15.7 Å². The van der Waals surface area contributed by atoms with E-state index in [9.17, 15) is 4.79 Å². The third kappa shape index (κ3) is 3.22. The second-order valence-electron chi connectivity index (χ2n) is 3.51. The molecule has 1 fully saturated rings. The molecule has 0 aromatic carbocycles. The van der Waals surface area contributed by atoms with Crippen LogP contribution < -0.4 is 11.3 Å². The molecule has 2 unspecified atom stereocenters. The van der Waals surface area contributed by atoms with Crippen LogP contribution in [-0.2, 0) is 9.53 Å². The molecule has 2 atom stereocenters. The van der Waals surface area contributed by atoms with Crippen LogP contribution in [0, 0.1) is 0 Å². The van der Waals surface area contributed by atoms with Crippen molar-refractivity contribution in [1.82, 2.24) is 10.3 Å². The van der Waals surface area contributed by atoms with Crippen molar-refractivity contribution in [3.63, 3.8) is 0 Å². The molecule has 0 aliphatic carbocycles. The molecule has 0 bridgehead atoms. The highest BCUT2D eigenvalue weighted by Gasteiger charge is 2.25. The van der Waals surface area contributed by atoms with Gasteiger partial charge in [-0.3, -0.25) is 15.1 Å². The molecule has 82 valence electrons. The number of morpholine rings is 1. The van der Waals surface area contributed by atoms with E-state index in [1.54, 1.807) is 0 Å². The number of nitrogens with zero attached hydrogens (tertiary/aromatic N) is 1. The Hall–Kier alpha value is -0.690. The van der Waals surface area contributed by atoms with Gasteiger partial charge in [-0.2, -0.15) is 0 Å². The number of hydrogen-bond acceptors (Lipinski definition) is 5. The number of nitrogens with one attached hydrogen (secondary N) is 1. The predicted octanol–water partition coefficient (Wildman–Crippen LogP) is -1.94. The SMILES string of the molecule is CC1CN(CC(=O)NN)CC(CO)O1. The number of carbonyl (C=O) groups is 1. The highest BCUT2D eigenvalue weighted by Crippen LogP contribution is 2.09. The number of nitrogens with two attached hydrogens (primary N) is 1. The molecular formula is C8H17N3O3. The van der Waals surface area contributed by atoms with Crippen molar-refractivity contribution in [2.45, 2.75) is 19.1 Å². The molecule has 0 radical (unpaired) electrons. The summed E-state index contributed by atoms with van der Waals surface area (Å²) in [5.41, 5.74) is 2.08. The summed E-state index contributed by atoms with van der Waals surface area (Å²) >= 11 is 0. The van der Waals surface area contributed by atoms with Crippen LogP contribution >= 0.6 is 0 Å². The van der Waals surface area contributed by atoms with Crippen molar-refractivity contribution < 1.29 is 14.6 Å². The van der Waals surface area contributed by atoms with Crippen molar-refractivity contribution >= 4 is 5.91 Å². The molecule has 0 saturated carbocycles. The van der Waals surface area contributed by atoms with Crippen molar-refractivity contribution in [1.29, 1.82) is 0 Å². The van der Waals surface area contributed by atoms with Crippen LogP contribution in [0.3, 0.4) is 0 Å². The molecule has 4 N–H and O–H groups in total. The van der Waals surface area contributed by atoms with Gasteiger partial charge in [-0.1, -0.05) is 0 Å². The number of carbonyl (C=O) groups excluding carboxylic acids is 1. The zero-order chi connectivity index (χ0) is 10.6. The lowest BCUT2D eigenvalue weighted by molar-refractivity contribution is -0.128. The number of aliphatic hydroxyl groups excluding tert-OH is 1. The summed E-state index contributed by atoms with van der Waals surface area (Å²) in [6, 6.07) is 0. The first-order valence-electron chi connectivity index (χ1n) is 4.63. The molecule has 1 rings (SSSR count). The first-order chi connectivity index (χ1) is 6.65. The summed E-state index contributed by atoms with van der Waals surface area (Å²) in [4.78, 5) is 12.9. The monoisotopic (exact) mass is 203 g/mol. The van der Waals surface area contributed by atoms with Crippen LogP contribution in [0.15, 0.2) is 0 Å². The molecule has 6 heteroatoms. The Kier molecular flexibility index (Phi) is 4.27. The molecule has 0 aromatic rings. The maximum absolute atomic E-state index is 11.0. The van der Waals surface area contributed by atoms with E-state index in [0.29, 0.717) is 13.1 Å². The average Bonchev–Trinajstić information content (AvgIpc) is 2.16. The van der Waals surface area contributed by atoms with Crippen LogP contribution in [0.4, 0.5) is 0 Å². The van der Waals surface area contributed by atoms with Gasteiger partial charge >= 0.3 is 0 Å². The predicted molar refractivity (Wildman–Crippen MR) is 50.2 cm³/mol. The van der Waals surface area contributed by atoms with E-state index in [-0.39, 0.29) is 31.3 Å². The lowest BCUT2D eigenvalue weighted by Crippen LogP contribution is -2.51. The van der Waals surface area contributed by atoms with Gasteiger partial charge in [0.25, 0.3) is 0 Å². The number of hydrogen-bond donors (Lipinski definition) is 3. The molecule has 1 amide bonds. The molecule has 14 heavy (non-hydrogen) atoms. The molecule has 0 aromatic heterocycles. The van der Waals surface area contributed by atoms with Crippen molar-refractivity contribution in [2.75, 3.05) is 26.2 Å². The van der Waals surface area contributed by atoms with Crippen LogP contribution in [0.25, 0.3) is 0 Å². The summed E-state index contributed by atoms with van der Waals surface area (Å²) in [6.07, 6.45) is -0.171. The van der Waals surface area contributed by atoms with Gasteiger partial charge in [-0.15, -0.1) is 0 Å². The van der Waals surface area contributed by atoms with E-state index >= 15 is 0 Å². The Morgan fingerprint density at radius 3 is 3.00 bits per heavy atom. The van der Waals surface area contributed by atoms with Crippen molar-refractivity contribution in [3.05, 3.63) is 0 Å². The maximum atomic E-state index is 11.0. The Balaban J connectivity index is 2.40. The quantitative estimate of drug-likeness (QED) is 0.282. The smallest absolute Gasteiger partial charge is 0.248 e. The van der Waals surface area contributed by atoms with Gasteiger partial charge in [0.2, 0.25) is 5.91 Å². The van der Waals surface area contributed by atoms with E-state index in [1.165, 1.54) is 0 Å². The first-order valence-corrected chi connectivity index (χ1v) is 4.63. The van der Waals surface area contributed by atoms with E-state index in [2.05, 4.69) is 5.43 Å². The van der Waals surface area contributed by atoms with Crippen molar-refractivity contribution in [3.8, 4) is 0 Å². The number of rotatable bonds is 3. The Morgan fingerprint density at radius 1 is 1.71 bits per heavy atom. The van der Waals surface area contributed by atoms with Gasteiger partial charge in [-0.05, 0) is 6.92 Å². The molecule has 1 aliphatic rings. The standard InChI is InChI=1S/C8H17N3O3/c1-6-2-11(4-8(13)10-9)3-7(5-12)14-6/h6-7,12H,2-5,9H2,1H3,(H,10,13). The second kappa shape index (κ2) is 5.26. The first kappa shape index (κ1) is 11.4. The van der Waals surface area contributed by atoms with Crippen LogP contribution in [0.5, 0.6) is 0 Å². The summed E-state index contributed by atoms with van der Waals surface area (Å²) in [5.74, 6) is 4.76. The Morgan fingerprint density at radius 2 is 2.43 bits per heavy atom. The van der Waals surface area contributed by atoms with Gasteiger partial charge in [0, 0.05) is 13.1 Å². The highest BCUT2D eigenvalue weighted by atomic mass is 16.5. The molecular weight excluding hydrogens is 186 g/mol. The third-order valence-corrected chi connectivity index (χ3v) is 2.13. The van der Waals surface area contributed by atoms with Gasteiger partial charge in [0.05, 0.1) is 25.4 Å². The highest BCUT2D eigenvalue weighted by molar-refractivity contribution is 5.77. The average molecular weight is 203 g/mol. The van der Waals surface area contributed by atoms with Crippen LogP contribution in [0.1, 0.15) is 6.92 Å². The summed E-state index contributed by atoms with van der Waals surface area (Å²) in [5, 5.41) is 8.94. The third-order valence-electron chi connectivity index (χ3n) is 2.13. The minimum atomic E-state index is -0.226. The Labute approximate surface area is 83.0 Å². The Bertz CT molecular complexity index is 200. The molecule has 6 nitrogen and oxygen atoms in total. The van der Waals surface area contributed by atoms with Crippen LogP contribution in [0.2, 0.25) is 0 Å². The van der Waals surface area contributed by atoms with Gasteiger partial charge < -0.3 is 9.84 Å². The summed E-state index contributed by atoms with van der Waals surface area (Å²) < 4.78 is 5.43. The second-order valence-corrected chi connectivity index (χ2v) is 3.51. The zero-order valence-corrected chi connectivity index (χ0v) is 8.27. The topological polar surface area (TPSA) is 87.8 Å². The molecule has 1 heterocycles. The number of ether oxygens (including phenoxy) is 1. The van der Waals surface area contributed by atoms with Crippen LogP contribution in [-0.4, -0.2) is 54.4 Å². The minimum absolute atomic E-state index is 0.0227. The van der Waals surface area contributed by atoms with Gasteiger partial charge in [-0.25, -0.2) is 5.84 Å². The largest absolute Gasteiger partial charge is 0.394 e. The normalized spacial score (nSPS) is 28.8. The summed E-state index contributed by atoms with van der Waals surface area (Å²) in [7, 11) is 0. The van der Waals surface area contributed by atoms with E-state index < -0.39 is 0 Å². The minimum Gasteiger partial charge on any atom is -0.394 e. The fraction of sp³-hybridized carbons (Fsp3) is 0.875. The zero-order valence-electron chi connectivity index (χ0n) is 8.27. The van der Waals surface area contributed by atoms with E-state index in [0.717, 1.165) is 0 Å². The van der Waals surface area contributed by atoms with Gasteiger partial charge in [0.1, 0.15) is 0 Å². The lowest BCUT2D eigenvalue weighted by Gasteiger charge is -2.35. The lowest BCUT2D eigenvalue weighted by atomic mass is 10.2. The number of amides is 1. The fourth-order valence-electron chi connectivity index (χ4n) is 1.62.